The molecule has 3 rings (SSSR count). The van der Waals surface area contributed by atoms with E-state index in [9.17, 15) is 4.79 Å². The smallest absolute Gasteiger partial charge is 0.230 e. The molecule has 0 fully saturated rings. The SMILES string of the molecule is Cc1ccc(OCCNC(=O)CSc2nncn2-c2cccc(Cl)c2)c(C)c1. The molecule has 0 atom stereocenters. The first-order valence-electron chi connectivity index (χ1n) is 8.78. The summed E-state index contributed by atoms with van der Waals surface area (Å²) in [6, 6.07) is 13.4. The molecule has 28 heavy (non-hydrogen) atoms. The molecule has 1 heterocycles. The van der Waals surface area contributed by atoms with Crippen LogP contribution in [0, 0.1) is 13.8 Å². The van der Waals surface area contributed by atoms with Crippen molar-refractivity contribution in [3.8, 4) is 11.4 Å². The van der Waals surface area contributed by atoms with Crippen molar-refractivity contribution in [2.75, 3.05) is 18.9 Å². The largest absolute Gasteiger partial charge is 0.491 e. The summed E-state index contributed by atoms with van der Waals surface area (Å²) < 4.78 is 7.52. The maximum absolute atomic E-state index is 12.1. The molecule has 0 aliphatic carbocycles. The number of aryl methyl sites for hydroxylation is 2. The van der Waals surface area contributed by atoms with Gasteiger partial charge in [-0.3, -0.25) is 9.36 Å². The van der Waals surface area contributed by atoms with E-state index in [4.69, 9.17) is 16.3 Å². The first kappa shape index (κ1) is 20.2. The predicted octanol–water partition coefficient (Wildman–Crippen LogP) is 3.82. The second-order valence-corrected chi connectivity index (χ2v) is 7.60. The van der Waals surface area contributed by atoms with E-state index in [1.807, 2.05) is 44.2 Å². The van der Waals surface area contributed by atoms with E-state index in [1.54, 1.807) is 17.0 Å². The van der Waals surface area contributed by atoms with Crippen LogP contribution in [0.5, 0.6) is 5.75 Å². The maximum atomic E-state index is 12.1. The maximum Gasteiger partial charge on any atom is 0.230 e. The Balaban J connectivity index is 1.44. The van der Waals surface area contributed by atoms with E-state index in [1.165, 1.54) is 17.3 Å². The van der Waals surface area contributed by atoms with Crippen molar-refractivity contribution in [1.82, 2.24) is 20.1 Å². The zero-order valence-corrected chi connectivity index (χ0v) is 17.3. The summed E-state index contributed by atoms with van der Waals surface area (Å²) in [7, 11) is 0. The van der Waals surface area contributed by atoms with Gasteiger partial charge in [0, 0.05) is 5.02 Å². The molecule has 0 saturated heterocycles. The predicted molar refractivity (Wildman–Crippen MR) is 112 cm³/mol. The Morgan fingerprint density at radius 2 is 2.11 bits per heavy atom. The second-order valence-electron chi connectivity index (χ2n) is 6.22. The van der Waals surface area contributed by atoms with Crippen LogP contribution in [0.1, 0.15) is 11.1 Å². The zero-order chi connectivity index (χ0) is 19.9. The third-order valence-corrected chi connectivity index (χ3v) is 5.13. The van der Waals surface area contributed by atoms with E-state index >= 15 is 0 Å². The lowest BCUT2D eigenvalue weighted by atomic mass is 10.1. The third-order valence-electron chi connectivity index (χ3n) is 3.95. The molecule has 0 radical (unpaired) electrons. The molecule has 8 heteroatoms. The van der Waals surface area contributed by atoms with Crippen LogP contribution in [-0.2, 0) is 4.79 Å². The van der Waals surface area contributed by atoms with Crippen molar-refractivity contribution in [2.24, 2.45) is 0 Å². The van der Waals surface area contributed by atoms with Crippen molar-refractivity contribution in [3.63, 3.8) is 0 Å². The minimum atomic E-state index is -0.0881. The summed E-state index contributed by atoms with van der Waals surface area (Å²) >= 11 is 7.35. The minimum Gasteiger partial charge on any atom is -0.491 e. The highest BCUT2D eigenvalue weighted by molar-refractivity contribution is 7.99. The number of nitrogens with one attached hydrogen (secondary N) is 1. The van der Waals surface area contributed by atoms with Crippen LogP contribution in [0.25, 0.3) is 5.69 Å². The molecular formula is C20H21ClN4O2S. The lowest BCUT2D eigenvalue weighted by molar-refractivity contribution is -0.118. The Morgan fingerprint density at radius 1 is 1.25 bits per heavy atom. The van der Waals surface area contributed by atoms with Crippen LogP contribution in [0.15, 0.2) is 53.9 Å². The number of aromatic nitrogens is 3. The highest BCUT2D eigenvalue weighted by Gasteiger charge is 2.10. The first-order valence-corrected chi connectivity index (χ1v) is 10.1. The lowest BCUT2D eigenvalue weighted by Gasteiger charge is -2.10. The van der Waals surface area contributed by atoms with Gasteiger partial charge >= 0.3 is 0 Å². The molecular weight excluding hydrogens is 396 g/mol. The van der Waals surface area contributed by atoms with Crippen LogP contribution in [0.2, 0.25) is 5.02 Å². The van der Waals surface area contributed by atoms with Gasteiger partial charge in [0.15, 0.2) is 5.16 Å². The fourth-order valence-electron chi connectivity index (χ4n) is 2.62. The van der Waals surface area contributed by atoms with Gasteiger partial charge in [-0.15, -0.1) is 10.2 Å². The molecule has 0 aliphatic rings. The molecule has 146 valence electrons. The molecule has 1 amide bonds. The van der Waals surface area contributed by atoms with Crippen LogP contribution in [-0.4, -0.2) is 39.6 Å². The number of benzene rings is 2. The monoisotopic (exact) mass is 416 g/mol. The fourth-order valence-corrected chi connectivity index (χ4v) is 3.56. The fraction of sp³-hybridized carbons (Fsp3) is 0.250. The lowest BCUT2D eigenvalue weighted by Crippen LogP contribution is -2.29. The van der Waals surface area contributed by atoms with Gasteiger partial charge in [0.1, 0.15) is 18.7 Å². The van der Waals surface area contributed by atoms with Gasteiger partial charge in [-0.25, -0.2) is 0 Å². The second kappa shape index (κ2) is 9.61. The number of rotatable bonds is 8. The van der Waals surface area contributed by atoms with Crippen LogP contribution >= 0.6 is 23.4 Å². The van der Waals surface area contributed by atoms with Crippen molar-refractivity contribution in [2.45, 2.75) is 19.0 Å². The average molecular weight is 417 g/mol. The number of hydrogen-bond donors (Lipinski definition) is 1. The highest BCUT2D eigenvalue weighted by Crippen LogP contribution is 2.21. The van der Waals surface area contributed by atoms with Crippen molar-refractivity contribution >= 4 is 29.3 Å². The number of amides is 1. The van der Waals surface area contributed by atoms with Gasteiger partial charge in [0.2, 0.25) is 5.91 Å². The Hall–Kier alpha value is -2.51. The van der Waals surface area contributed by atoms with Crippen LogP contribution in [0.4, 0.5) is 0 Å². The van der Waals surface area contributed by atoms with E-state index in [0.717, 1.165) is 17.0 Å². The summed E-state index contributed by atoms with van der Waals surface area (Å²) in [6.45, 7) is 4.90. The molecule has 3 aromatic rings. The molecule has 2 aromatic carbocycles. The van der Waals surface area contributed by atoms with Gasteiger partial charge in [-0.05, 0) is 43.7 Å². The van der Waals surface area contributed by atoms with Crippen molar-refractivity contribution in [1.29, 1.82) is 0 Å². The van der Waals surface area contributed by atoms with Crippen molar-refractivity contribution < 1.29 is 9.53 Å². The topological polar surface area (TPSA) is 69.0 Å². The summed E-state index contributed by atoms with van der Waals surface area (Å²) in [5.41, 5.74) is 3.13. The summed E-state index contributed by atoms with van der Waals surface area (Å²) in [6.07, 6.45) is 1.60. The molecule has 6 nitrogen and oxygen atoms in total. The molecule has 1 aromatic heterocycles. The van der Waals surface area contributed by atoms with E-state index in [2.05, 4.69) is 21.6 Å². The summed E-state index contributed by atoms with van der Waals surface area (Å²) in [5, 5.41) is 12.1. The summed E-state index contributed by atoms with van der Waals surface area (Å²) in [5.74, 6) is 0.988. The third kappa shape index (κ3) is 5.50. The Kier molecular flexibility index (Phi) is 6.95. The van der Waals surface area contributed by atoms with Gasteiger partial charge < -0.3 is 10.1 Å². The number of ether oxygens (including phenoxy) is 1. The first-order chi connectivity index (χ1) is 13.5. The van der Waals surface area contributed by atoms with E-state index in [-0.39, 0.29) is 11.7 Å². The molecule has 0 saturated carbocycles. The van der Waals surface area contributed by atoms with Crippen LogP contribution in [0.3, 0.4) is 0 Å². The molecule has 0 aliphatic heterocycles. The van der Waals surface area contributed by atoms with E-state index < -0.39 is 0 Å². The number of thioether (sulfide) groups is 1. The van der Waals surface area contributed by atoms with Gasteiger partial charge in [-0.2, -0.15) is 0 Å². The van der Waals surface area contributed by atoms with Crippen molar-refractivity contribution in [3.05, 3.63) is 64.9 Å². The summed E-state index contributed by atoms with van der Waals surface area (Å²) in [4.78, 5) is 12.1. The number of hydrogen-bond acceptors (Lipinski definition) is 5. The number of carbonyl (C=O) groups excluding carboxylic acids is 1. The Bertz CT molecular complexity index is 961. The average Bonchev–Trinajstić information content (AvgIpc) is 3.13. The van der Waals surface area contributed by atoms with E-state index in [0.29, 0.717) is 23.3 Å². The minimum absolute atomic E-state index is 0.0881. The zero-order valence-electron chi connectivity index (χ0n) is 15.7. The standard InChI is InChI=1S/C20H21ClN4O2S/c1-14-6-7-18(15(2)10-14)27-9-8-22-19(26)12-28-20-24-23-13-25(20)17-5-3-4-16(21)11-17/h3-7,10-11,13H,8-9,12H2,1-2H3,(H,22,26). The van der Waals surface area contributed by atoms with Gasteiger partial charge in [0.05, 0.1) is 18.0 Å². The molecule has 0 bridgehead atoms. The Labute approximate surface area is 173 Å². The number of halogens is 1. The highest BCUT2D eigenvalue weighted by atomic mass is 35.5. The Morgan fingerprint density at radius 3 is 2.89 bits per heavy atom. The number of nitrogens with zero attached hydrogens (tertiary/aromatic N) is 3. The quantitative estimate of drug-likeness (QED) is 0.446. The molecule has 0 spiro atoms. The molecule has 1 N–H and O–H groups in total. The normalized spacial score (nSPS) is 10.7. The molecule has 0 unspecified atom stereocenters. The van der Waals surface area contributed by atoms with Gasteiger partial charge in [-0.1, -0.05) is 47.1 Å². The number of carbonyl (C=O) groups is 1. The van der Waals surface area contributed by atoms with Gasteiger partial charge in [0.25, 0.3) is 0 Å². The van der Waals surface area contributed by atoms with Crippen LogP contribution < -0.4 is 10.1 Å².